The lowest BCUT2D eigenvalue weighted by atomic mass is 9.92. The Morgan fingerprint density at radius 3 is 2.42 bits per heavy atom. The van der Waals surface area contributed by atoms with Gasteiger partial charge in [-0.3, -0.25) is 14.5 Å². The molecular weight excluding hydrogens is 419 g/mol. The van der Waals surface area contributed by atoms with Gasteiger partial charge in [0.25, 0.3) is 5.91 Å². The van der Waals surface area contributed by atoms with Crippen molar-refractivity contribution in [1.29, 1.82) is 0 Å². The number of imide groups is 1. The van der Waals surface area contributed by atoms with Gasteiger partial charge in [-0.25, -0.2) is 4.79 Å². The number of hydrogen-bond acceptors (Lipinski definition) is 5. The summed E-state index contributed by atoms with van der Waals surface area (Å²) in [6.45, 7) is 6.19. The van der Waals surface area contributed by atoms with Gasteiger partial charge in [0.15, 0.2) is 0 Å². The van der Waals surface area contributed by atoms with E-state index in [-0.39, 0.29) is 12.1 Å². The van der Waals surface area contributed by atoms with Crippen molar-refractivity contribution in [2.24, 2.45) is 5.92 Å². The number of nitrogens with zero attached hydrogens (tertiary/aromatic N) is 1. The van der Waals surface area contributed by atoms with Crippen LogP contribution in [0.1, 0.15) is 32.8 Å². The number of amides is 4. The van der Waals surface area contributed by atoms with Crippen LogP contribution in [0.15, 0.2) is 24.3 Å². The van der Waals surface area contributed by atoms with Crippen LogP contribution in [-0.2, 0) is 19.9 Å². The number of nitrogens with one attached hydrogen (secondary N) is 2. The molecule has 0 bridgehead atoms. The van der Waals surface area contributed by atoms with Crippen molar-refractivity contribution in [1.82, 2.24) is 15.5 Å². The molecule has 0 aliphatic carbocycles. The molecule has 8 nitrogen and oxygen atoms in total. The van der Waals surface area contributed by atoms with Gasteiger partial charge in [-0.1, -0.05) is 26.0 Å². The predicted octanol–water partition coefficient (Wildman–Crippen LogP) is 2.53. The zero-order valence-corrected chi connectivity index (χ0v) is 17.5. The van der Waals surface area contributed by atoms with Gasteiger partial charge in [-0.2, -0.15) is 0 Å². The third-order valence-electron chi connectivity index (χ3n) is 4.65. The maximum absolute atomic E-state index is 12.8. The van der Waals surface area contributed by atoms with Crippen molar-refractivity contribution in [2.75, 3.05) is 26.3 Å². The Bertz CT molecular complexity index is 798. The van der Waals surface area contributed by atoms with Crippen molar-refractivity contribution in [3.8, 4) is 5.75 Å². The fraction of sp³-hybridized carbons (Fsp3) is 0.550. The van der Waals surface area contributed by atoms with E-state index in [1.54, 1.807) is 0 Å². The third-order valence-corrected chi connectivity index (χ3v) is 4.65. The molecule has 1 aromatic rings. The Labute approximate surface area is 178 Å². The highest BCUT2D eigenvalue weighted by molar-refractivity contribution is 6.09. The number of carbonyl (C=O) groups excluding carboxylic acids is 3. The molecule has 4 amide bonds. The molecule has 1 heterocycles. The summed E-state index contributed by atoms with van der Waals surface area (Å²) in [6.07, 6.45) is -3.94. The van der Waals surface area contributed by atoms with Gasteiger partial charge < -0.3 is 20.1 Å². The molecule has 172 valence electrons. The van der Waals surface area contributed by atoms with Gasteiger partial charge in [0.2, 0.25) is 5.91 Å². The lowest BCUT2D eigenvalue weighted by Crippen LogP contribution is -2.43. The van der Waals surface area contributed by atoms with Crippen LogP contribution >= 0.6 is 0 Å². The standard InChI is InChI=1S/C20H26F3N3O5/c1-13(2)8-10-30-11-9-24-16(27)12-26-17(28)19(3,25-18(26)29)14-4-6-15(7-5-14)31-20(21,22)23/h4-7,13H,8-12H2,1-3H3,(H,24,27)(H,25,29). The van der Waals surface area contributed by atoms with Crippen LogP contribution < -0.4 is 15.4 Å². The Kier molecular flexibility index (Phi) is 7.88. The summed E-state index contributed by atoms with van der Waals surface area (Å²) < 4.78 is 46.1. The number of benzene rings is 1. The van der Waals surface area contributed by atoms with Crippen molar-refractivity contribution in [3.05, 3.63) is 29.8 Å². The van der Waals surface area contributed by atoms with Gasteiger partial charge in [-0.15, -0.1) is 13.2 Å². The van der Waals surface area contributed by atoms with Crippen LogP contribution in [0.25, 0.3) is 0 Å². The first kappa shape index (κ1) is 24.4. The summed E-state index contributed by atoms with van der Waals surface area (Å²) in [5.74, 6) is -1.17. The summed E-state index contributed by atoms with van der Waals surface area (Å²) >= 11 is 0. The highest BCUT2D eigenvalue weighted by atomic mass is 19.4. The monoisotopic (exact) mass is 445 g/mol. The molecule has 1 saturated heterocycles. The van der Waals surface area contributed by atoms with Gasteiger partial charge in [0.05, 0.1) is 6.61 Å². The summed E-state index contributed by atoms with van der Waals surface area (Å²) in [5.41, 5.74) is -1.27. The molecular formula is C20H26F3N3O5. The molecule has 1 aliphatic heterocycles. The minimum Gasteiger partial charge on any atom is -0.406 e. The molecule has 31 heavy (non-hydrogen) atoms. The number of ether oxygens (including phenoxy) is 2. The largest absolute Gasteiger partial charge is 0.573 e. The highest BCUT2D eigenvalue weighted by Gasteiger charge is 2.49. The number of rotatable bonds is 10. The van der Waals surface area contributed by atoms with E-state index in [2.05, 4.69) is 29.2 Å². The fourth-order valence-corrected chi connectivity index (χ4v) is 2.91. The van der Waals surface area contributed by atoms with Gasteiger partial charge in [0.1, 0.15) is 17.8 Å². The summed E-state index contributed by atoms with van der Waals surface area (Å²) in [7, 11) is 0. The maximum Gasteiger partial charge on any atom is 0.573 e. The molecule has 1 fully saturated rings. The maximum atomic E-state index is 12.8. The number of hydrogen-bond donors (Lipinski definition) is 2. The first-order chi connectivity index (χ1) is 14.4. The minimum atomic E-state index is -4.84. The van der Waals surface area contributed by atoms with E-state index < -0.39 is 42.0 Å². The molecule has 0 radical (unpaired) electrons. The van der Waals surface area contributed by atoms with Gasteiger partial charge in [0, 0.05) is 13.2 Å². The van der Waals surface area contributed by atoms with Crippen LogP contribution in [-0.4, -0.2) is 55.4 Å². The van der Waals surface area contributed by atoms with Crippen molar-refractivity contribution in [2.45, 2.75) is 39.1 Å². The molecule has 1 aromatic carbocycles. The first-order valence-electron chi connectivity index (χ1n) is 9.77. The van der Waals surface area contributed by atoms with Crippen LogP contribution in [0, 0.1) is 5.92 Å². The Balaban J connectivity index is 1.91. The number of halogens is 3. The van der Waals surface area contributed by atoms with Gasteiger partial charge in [-0.05, 0) is 37.0 Å². The lowest BCUT2D eigenvalue weighted by Gasteiger charge is -2.22. The second-order valence-electron chi connectivity index (χ2n) is 7.66. The van der Waals surface area contributed by atoms with E-state index in [4.69, 9.17) is 4.74 Å². The lowest BCUT2D eigenvalue weighted by molar-refractivity contribution is -0.274. The Morgan fingerprint density at radius 1 is 1.19 bits per heavy atom. The van der Waals surface area contributed by atoms with Crippen LogP contribution in [0.2, 0.25) is 0 Å². The van der Waals surface area contributed by atoms with Gasteiger partial charge >= 0.3 is 12.4 Å². The number of alkyl halides is 3. The summed E-state index contributed by atoms with van der Waals surface area (Å²) in [4.78, 5) is 37.9. The molecule has 2 rings (SSSR count). The van der Waals surface area contributed by atoms with Crippen LogP contribution in [0.4, 0.5) is 18.0 Å². The Hall–Kier alpha value is -2.82. The van der Waals surface area contributed by atoms with Crippen molar-refractivity contribution < 1.29 is 37.0 Å². The molecule has 1 aliphatic rings. The SMILES string of the molecule is CC(C)CCOCCNC(=O)CN1C(=O)NC(C)(c2ccc(OC(F)(F)F)cc2)C1=O. The normalized spacial score (nSPS) is 19.0. The third kappa shape index (κ3) is 6.84. The van der Waals surface area contributed by atoms with E-state index in [0.717, 1.165) is 23.5 Å². The average molecular weight is 445 g/mol. The summed E-state index contributed by atoms with van der Waals surface area (Å²) in [5, 5.41) is 5.06. The topological polar surface area (TPSA) is 97.0 Å². The molecule has 1 unspecified atom stereocenters. The molecule has 2 N–H and O–H groups in total. The number of carbonyl (C=O) groups is 3. The minimum absolute atomic E-state index is 0.235. The second kappa shape index (κ2) is 9.99. The van der Waals surface area contributed by atoms with E-state index in [9.17, 15) is 27.6 Å². The van der Waals surface area contributed by atoms with Crippen molar-refractivity contribution in [3.63, 3.8) is 0 Å². The molecule has 0 spiro atoms. The zero-order chi connectivity index (χ0) is 23.2. The molecule has 0 saturated carbocycles. The molecule has 11 heteroatoms. The second-order valence-corrected chi connectivity index (χ2v) is 7.66. The zero-order valence-electron chi connectivity index (χ0n) is 17.5. The number of urea groups is 1. The van der Waals surface area contributed by atoms with Crippen LogP contribution in [0.5, 0.6) is 5.75 Å². The quantitative estimate of drug-likeness (QED) is 0.426. The predicted molar refractivity (Wildman–Crippen MR) is 104 cm³/mol. The summed E-state index contributed by atoms with van der Waals surface area (Å²) in [6, 6.07) is 3.81. The highest BCUT2D eigenvalue weighted by Crippen LogP contribution is 2.31. The van der Waals surface area contributed by atoms with Crippen molar-refractivity contribution >= 4 is 17.8 Å². The average Bonchev–Trinajstić information content (AvgIpc) is 2.87. The Morgan fingerprint density at radius 2 is 1.84 bits per heavy atom. The van der Waals surface area contributed by atoms with Crippen LogP contribution in [0.3, 0.4) is 0 Å². The van der Waals surface area contributed by atoms with E-state index in [1.807, 2.05) is 0 Å². The van der Waals surface area contributed by atoms with E-state index >= 15 is 0 Å². The fourth-order valence-electron chi connectivity index (χ4n) is 2.91. The smallest absolute Gasteiger partial charge is 0.406 e. The first-order valence-corrected chi connectivity index (χ1v) is 9.77. The van der Waals surface area contributed by atoms with E-state index in [0.29, 0.717) is 19.1 Å². The molecule has 1 atom stereocenters. The molecule has 0 aromatic heterocycles. The van der Waals surface area contributed by atoms with E-state index in [1.165, 1.54) is 19.1 Å².